The van der Waals surface area contributed by atoms with Crippen LogP contribution in [0.2, 0.25) is 0 Å². The molecule has 0 aliphatic carbocycles. The minimum absolute atomic E-state index is 0.0508. The molecular formula is C17H20N2O2S2. The van der Waals surface area contributed by atoms with E-state index in [-0.39, 0.29) is 17.9 Å². The minimum Gasteiger partial charge on any atom is -0.351 e. The Labute approximate surface area is 144 Å². The Morgan fingerprint density at radius 3 is 2.78 bits per heavy atom. The van der Waals surface area contributed by atoms with E-state index < -0.39 is 0 Å². The summed E-state index contributed by atoms with van der Waals surface area (Å²) in [5.41, 5.74) is 0. The van der Waals surface area contributed by atoms with Crippen molar-refractivity contribution in [1.82, 2.24) is 10.2 Å². The molecule has 1 N–H and O–H groups in total. The van der Waals surface area contributed by atoms with Gasteiger partial charge in [-0.05, 0) is 42.2 Å². The minimum atomic E-state index is -0.0508. The van der Waals surface area contributed by atoms with Crippen LogP contribution in [0.15, 0.2) is 35.0 Å². The quantitative estimate of drug-likeness (QED) is 0.810. The molecule has 0 bridgehead atoms. The number of carbonyl (C=O) groups is 2. The van der Waals surface area contributed by atoms with E-state index in [0.717, 1.165) is 19.4 Å². The maximum absolute atomic E-state index is 12.4. The first-order valence-corrected chi connectivity index (χ1v) is 9.66. The van der Waals surface area contributed by atoms with Gasteiger partial charge in [-0.25, -0.2) is 0 Å². The van der Waals surface area contributed by atoms with Crippen LogP contribution >= 0.6 is 22.7 Å². The van der Waals surface area contributed by atoms with E-state index in [1.54, 1.807) is 17.4 Å². The maximum atomic E-state index is 12.4. The number of hydrogen-bond donors (Lipinski definition) is 1. The molecule has 1 saturated heterocycles. The highest BCUT2D eigenvalue weighted by atomic mass is 32.1. The second kappa shape index (κ2) is 7.75. The molecule has 23 heavy (non-hydrogen) atoms. The van der Waals surface area contributed by atoms with Crippen LogP contribution in [-0.2, 0) is 4.79 Å². The van der Waals surface area contributed by atoms with E-state index >= 15 is 0 Å². The van der Waals surface area contributed by atoms with Gasteiger partial charge in [0.25, 0.3) is 5.91 Å². The summed E-state index contributed by atoms with van der Waals surface area (Å²) in [7, 11) is 0. The van der Waals surface area contributed by atoms with Gasteiger partial charge in [0.15, 0.2) is 0 Å². The molecule has 3 heterocycles. The van der Waals surface area contributed by atoms with Gasteiger partial charge in [-0.2, -0.15) is 0 Å². The molecule has 2 aromatic rings. The SMILES string of the molecule is O=C(NCCCC(=O)N1CCCC1c1cccs1)c1cccs1. The average molecular weight is 348 g/mol. The Morgan fingerprint density at radius 2 is 2.04 bits per heavy atom. The van der Waals surface area contributed by atoms with E-state index in [2.05, 4.69) is 16.8 Å². The third kappa shape index (κ3) is 4.00. The first kappa shape index (κ1) is 16.2. The molecule has 2 amide bonds. The summed E-state index contributed by atoms with van der Waals surface area (Å²) >= 11 is 3.15. The third-order valence-electron chi connectivity index (χ3n) is 4.04. The van der Waals surface area contributed by atoms with E-state index in [1.165, 1.54) is 16.2 Å². The van der Waals surface area contributed by atoms with Gasteiger partial charge >= 0.3 is 0 Å². The number of rotatable bonds is 6. The summed E-state index contributed by atoms with van der Waals surface area (Å²) in [6, 6.07) is 8.08. The Hall–Kier alpha value is -1.66. The highest BCUT2D eigenvalue weighted by molar-refractivity contribution is 7.12. The summed E-state index contributed by atoms with van der Waals surface area (Å²) in [6.45, 7) is 1.39. The summed E-state index contributed by atoms with van der Waals surface area (Å²) in [5.74, 6) is 0.149. The second-order valence-corrected chi connectivity index (χ2v) is 7.52. The van der Waals surface area contributed by atoms with E-state index in [9.17, 15) is 9.59 Å². The van der Waals surface area contributed by atoms with Crippen LogP contribution in [0.4, 0.5) is 0 Å². The molecule has 4 nitrogen and oxygen atoms in total. The number of carbonyl (C=O) groups excluding carboxylic acids is 2. The zero-order valence-electron chi connectivity index (χ0n) is 12.9. The second-order valence-electron chi connectivity index (χ2n) is 5.60. The molecular weight excluding hydrogens is 328 g/mol. The monoisotopic (exact) mass is 348 g/mol. The molecule has 6 heteroatoms. The lowest BCUT2D eigenvalue weighted by Gasteiger charge is -2.24. The molecule has 1 unspecified atom stereocenters. The zero-order chi connectivity index (χ0) is 16.1. The number of nitrogens with one attached hydrogen (secondary N) is 1. The molecule has 0 aromatic carbocycles. The Bertz CT molecular complexity index is 638. The number of nitrogens with zero attached hydrogens (tertiary/aromatic N) is 1. The van der Waals surface area contributed by atoms with Crippen molar-refractivity contribution in [1.29, 1.82) is 0 Å². The Balaban J connectivity index is 1.43. The Morgan fingerprint density at radius 1 is 1.22 bits per heavy atom. The predicted molar refractivity (Wildman–Crippen MR) is 93.9 cm³/mol. The highest BCUT2D eigenvalue weighted by Crippen LogP contribution is 2.34. The van der Waals surface area contributed by atoms with Crippen LogP contribution in [0, 0.1) is 0 Å². The molecule has 0 radical (unpaired) electrons. The van der Waals surface area contributed by atoms with E-state index in [0.29, 0.717) is 24.3 Å². The summed E-state index contributed by atoms with van der Waals surface area (Å²) < 4.78 is 0. The predicted octanol–water partition coefficient (Wildman–Crippen LogP) is 3.68. The van der Waals surface area contributed by atoms with Crippen LogP contribution in [0.5, 0.6) is 0 Å². The van der Waals surface area contributed by atoms with Gasteiger partial charge in [0.1, 0.15) is 0 Å². The van der Waals surface area contributed by atoms with Crippen molar-refractivity contribution in [3.8, 4) is 0 Å². The topological polar surface area (TPSA) is 49.4 Å². The zero-order valence-corrected chi connectivity index (χ0v) is 14.5. The van der Waals surface area contributed by atoms with Gasteiger partial charge in [-0.15, -0.1) is 22.7 Å². The summed E-state index contributed by atoms with van der Waals surface area (Å²) in [5, 5.41) is 6.82. The lowest BCUT2D eigenvalue weighted by molar-refractivity contribution is -0.132. The van der Waals surface area contributed by atoms with Crippen LogP contribution < -0.4 is 5.32 Å². The van der Waals surface area contributed by atoms with Crippen molar-refractivity contribution in [2.75, 3.05) is 13.1 Å². The average Bonchev–Trinajstić information content (AvgIpc) is 3.32. The molecule has 1 fully saturated rings. The number of likely N-dealkylation sites (tertiary alicyclic amines) is 1. The first-order valence-electron chi connectivity index (χ1n) is 7.90. The standard InChI is InChI=1S/C17H20N2O2S2/c20-16(8-1-9-18-17(21)15-7-4-12-23-15)19-10-2-5-13(19)14-6-3-11-22-14/h3-4,6-7,11-13H,1-2,5,8-10H2,(H,18,21). The van der Waals surface area contributed by atoms with Crippen molar-refractivity contribution in [2.45, 2.75) is 31.7 Å². The fourth-order valence-electron chi connectivity index (χ4n) is 2.92. The molecule has 1 atom stereocenters. The number of hydrogen-bond acceptors (Lipinski definition) is 4. The summed E-state index contributed by atoms with van der Waals surface area (Å²) in [4.78, 5) is 28.3. The van der Waals surface area contributed by atoms with Gasteiger partial charge < -0.3 is 10.2 Å². The lowest BCUT2D eigenvalue weighted by atomic mass is 10.1. The van der Waals surface area contributed by atoms with Crippen molar-refractivity contribution in [2.24, 2.45) is 0 Å². The molecule has 3 rings (SSSR count). The van der Waals surface area contributed by atoms with E-state index in [4.69, 9.17) is 0 Å². The number of amides is 2. The van der Waals surface area contributed by atoms with Crippen LogP contribution in [-0.4, -0.2) is 29.8 Å². The van der Waals surface area contributed by atoms with Crippen molar-refractivity contribution in [3.05, 3.63) is 44.8 Å². The fourth-order valence-corrected chi connectivity index (χ4v) is 4.44. The fraction of sp³-hybridized carbons (Fsp3) is 0.412. The summed E-state index contributed by atoms with van der Waals surface area (Å²) in [6.07, 6.45) is 3.31. The van der Waals surface area contributed by atoms with Gasteiger partial charge in [0, 0.05) is 24.4 Å². The number of thiophene rings is 2. The molecule has 2 aromatic heterocycles. The van der Waals surface area contributed by atoms with Crippen molar-refractivity contribution < 1.29 is 9.59 Å². The molecule has 122 valence electrons. The van der Waals surface area contributed by atoms with Crippen LogP contribution in [0.1, 0.15) is 46.3 Å². The van der Waals surface area contributed by atoms with Gasteiger partial charge in [-0.1, -0.05) is 12.1 Å². The Kier molecular flexibility index (Phi) is 5.46. The maximum Gasteiger partial charge on any atom is 0.261 e. The molecule has 1 aliphatic heterocycles. The smallest absolute Gasteiger partial charge is 0.261 e. The van der Waals surface area contributed by atoms with Gasteiger partial charge in [0.2, 0.25) is 5.91 Å². The van der Waals surface area contributed by atoms with Crippen LogP contribution in [0.3, 0.4) is 0 Å². The van der Waals surface area contributed by atoms with Gasteiger partial charge in [0.05, 0.1) is 10.9 Å². The highest BCUT2D eigenvalue weighted by Gasteiger charge is 2.29. The van der Waals surface area contributed by atoms with Crippen molar-refractivity contribution >= 4 is 34.5 Å². The normalized spacial score (nSPS) is 17.4. The molecule has 0 spiro atoms. The lowest BCUT2D eigenvalue weighted by Crippen LogP contribution is -2.31. The van der Waals surface area contributed by atoms with E-state index in [1.807, 2.05) is 22.4 Å². The molecule has 1 aliphatic rings. The first-order chi connectivity index (χ1) is 11.3. The largest absolute Gasteiger partial charge is 0.351 e. The van der Waals surface area contributed by atoms with Crippen LogP contribution in [0.25, 0.3) is 0 Å². The van der Waals surface area contributed by atoms with Gasteiger partial charge in [-0.3, -0.25) is 9.59 Å². The third-order valence-corrected chi connectivity index (χ3v) is 5.88. The molecule has 0 saturated carbocycles. The van der Waals surface area contributed by atoms with Crippen molar-refractivity contribution in [3.63, 3.8) is 0 Å².